The van der Waals surface area contributed by atoms with E-state index in [-0.39, 0.29) is 0 Å². The minimum atomic E-state index is 0.559. The van der Waals surface area contributed by atoms with Crippen molar-refractivity contribution in [1.82, 2.24) is 5.32 Å². The lowest BCUT2D eigenvalue weighted by Gasteiger charge is -2.19. The van der Waals surface area contributed by atoms with E-state index in [9.17, 15) is 0 Å². The molecular formula is C13H23NS. The molecule has 15 heavy (non-hydrogen) atoms. The first-order chi connectivity index (χ1) is 7.15. The molecule has 0 aliphatic rings. The van der Waals surface area contributed by atoms with E-state index in [1.807, 2.05) is 11.3 Å². The van der Waals surface area contributed by atoms with Gasteiger partial charge in [0.1, 0.15) is 0 Å². The van der Waals surface area contributed by atoms with E-state index >= 15 is 0 Å². The van der Waals surface area contributed by atoms with Gasteiger partial charge < -0.3 is 5.32 Å². The summed E-state index contributed by atoms with van der Waals surface area (Å²) in [6.07, 6.45) is 2.55. The van der Waals surface area contributed by atoms with Crippen LogP contribution in [-0.4, -0.2) is 6.54 Å². The Morgan fingerprint density at radius 1 is 1.33 bits per heavy atom. The summed E-state index contributed by atoms with van der Waals surface area (Å²) in [4.78, 5) is 1.46. The quantitative estimate of drug-likeness (QED) is 0.767. The summed E-state index contributed by atoms with van der Waals surface area (Å²) in [6, 6.07) is 2.83. The third-order valence-corrected chi connectivity index (χ3v) is 3.62. The van der Waals surface area contributed by atoms with Gasteiger partial charge in [0.05, 0.1) is 0 Å². The summed E-state index contributed by atoms with van der Waals surface area (Å²) in [7, 11) is 0. The van der Waals surface area contributed by atoms with Gasteiger partial charge in [-0.1, -0.05) is 20.8 Å². The van der Waals surface area contributed by atoms with Crippen LogP contribution < -0.4 is 5.32 Å². The first kappa shape index (κ1) is 12.7. The number of hydrogen-bond acceptors (Lipinski definition) is 2. The molecule has 0 fully saturated rings. The summed E-state index contributed by atoms with van der Waals surface area (Å²) >= 11 is 1.85. The third kappa shape index (κ3) is 3.96. The highest BCUT2D eigenvalue weighted by Gasteiger charge is 2.13. The summed E-state index contributed by atoms with van der Waals surface area (Å²) in [6.45, 7) is 10.1. The lowest BCUT2D eigenvalue weighted by atomic mass is 9.98. The second-order valence-corrected chi connectivity index (χ2v) is 5.63. The standard InChI is InChI=1S/C13H23NS/c1-5-14-13(7-6-10(2)3)12-8-9-15-11(12)4/h8-10,13-14H,5-7H2,1-4H3. The fraction of sp³-hybridized carbons (Fsp3) is 0.692. The number of rotatable bonds is 6. The highest BCUT2D eigenvalue weighted by molar-refractivity contribution is 7.10. The van der Waals surface area contributed by atoms with Gasteiger partial charge in [-0.05, 0) is 49.2 Å². The second-order valence-electron chi connectivity index (χ2n) is 4.51. The highest BCUT2D eigenvalue weighted by Crippen LogP contribution is 2.27. The van der Waals surface area contributed by atoms with Crippen LogP contribution in [0.2, 0.25) is 0 Å². The molecule has 1 nitrogen and oxygen atoms in total. The molecule has 0 spiro atoms. The third-order valence-electron chi connectivity index (χ3n) is 2.76. The molecule has 0 saturated carbocycles. The van der Waals surface area contributed by atoms with Crippen molar-refractivity contribution >= 4 is 11.3 Å². The van der Waals surface area contributed by atoms with Crippen LogP contribution in [0, 0.1) is 12.8 Å². The SMILES string of the molecule is CCNC(CCC(C)C)c1ccsc1C. The zero-order valence-electron chi connectivity index (χ0n) is 10.3. The van der Waals surface area contributed by atoms with Crippen molar-refractivity contribution in [3.05, 3.63) is 21.9 Å². The van der Waals surface area contributed by atoms with E-state index in [4.69, 9.17) is 0 Å². The molecule has 1 rings (SSSR count). The zero-order chi connectivity index (χ0) is 11.3. The summed E-state index contributed by atoms with van der Waals surface area (Å²) in [5.74, 6) is 0.796. The average Bonchev–Trinajstić information content (AvgIpc) is 2.59. The highest BCUT2D eigenvalue weighted by atomic mass is 32.1. The fourth-order valence-electron chi connectivity index (χ4n) is 1.87. The first-order valence-electron chi connectivity index (χ1n) is 5.92. The van der Waals surface area contributed by atoms with Crippen molar-refractivity contribution in [2.24, 2.45) is 5.92 Å². The van der Waals surface area contributed by atoms with Crippen LogP contribution >= 0.6 is 11.3 Å². The topological polar surface area (TPSA) is 12.0 Å². The van der Waals surface area contributed by atoms with E-state index in [1.165, 1.54) is 23.3 Å². The van der Waals surface area contributed by atoms with Crippen molar-refractivity contribution in [3.8, 4) is 0 Å². The van der Waals surface area contributed by atoms with Crippen LogP contribution in [-0.2, 0) is 0 Å². The first-order valence-corrected chi connectivity index (χ1v) is 6.80. The lowest BCUT2D eigenvalue weighted by Crippen LogP contribution is -2.21. The molecule has 1 N–H and O–H groups in total. The van der Waals surface area contributed by atoms with E-state index in [2.05, 4.69) is 44.5 Å². The van der Waals surface area contributed by atoms with Crippen LogP contribution in [0.25, 0.3) is 0 Å². The Morgan fingerprint density at radius 3 is 2.53 bits per heavy atom. The van der Waals surface area contributed by atoms with Gasteiger partial charge >= 0.3 is 0 Å². The molecule has 86 valence electrons. The van der Waals surface area contributed by atoms with E-state index in [1.54, 1.807) is 0 Å². The number of hydrogen-bond donors (Lipinski definition) is 1. The Morgan fingerprint density at radius 2 is 2.07 bits per heavy atom. The maximum atomic E-state index is 3.59. The lowest BCUT2D eigenvalue weighted by molar-refractivity contribution is 0.448. The van der Waals surface area contributed by atoms with Crippen molar-refractivity contribution in [3.63, 3.8) is 0 Å². The number of thiophene rings is 1. The number of aryl methyl sites for hydroxylation is 1. The van der Waals surface area contributed by atoms with Gasteiger partial charge in [0.25, 0.3) is 0 Å². The molecule has 0 aliphatic heterocycles. The molecule has 1 heterocycles. The molecule has 1 unspecified atom stereocenters. The minimum absolute atomic E-state index is 0.559. The van der Waals surface area contributed by atoms with Gasteiger partial charge in [0, 0.05) is 10.9 Å². The summed E-state index contributed by atoms with van der Waals surface area (Å²) < 4.78 is 0. The van der Waals surface area contributed by atoms with Gasteiger partial charge in [-0.3, -0.25) is 0 Å². The molecule has 0 aromatic carbocycles. The van der Waals surface area contributed by atoms with Gasteiger partial charge in [-0.2, -0.15) is 0 Å². The van der Waals surface area contributed by atoms with Gasteiger partial charge in [0.2, 0.25) is 0 Å². The number of nitrogens with one attached hydrogen (secondary N) is 1. The Hall–Kier alpha value is -0.340. The summed E-state index contributed by atoms with van der Waals surface area (Å²) in [5.41, 5.74) is 1.50. The van der Waals surface area contributed by atoms with E-state index in [0.717, 1.165) is 12.5 Å². The molecule has 1 aromatic rings. The monoisotopic (exact) mass is 225 g/mol. The van der Waals surface area contributed by atoms with Gasteiger partial charge in [0.15, 0.2) is 0 Å². The Bertz CT molecular complexity index is 278. The molecule has 1 aromatic heterocycles. The van der Waals surface area contributed by atoms with Crippen molar-refractivity contribution in [2.45, 2.75) is 46.6 Å². The second kappa shape index (κ2) is 6.29. The van der Waals surface area contributed by atoms with Crippen LogP contribution in [0.3, 0.4) is 0 Å². The Labute approximate surface area is 97.9 Å². The molecule has 0 radical (unpaired) electrons. The van der Waals surface area contributed by atoms with Crippen molar-refractivity contribution in [2.75, 3.05) is 6.54 Å². The maximum Gasteiger partial charge on any atom is 0.0331 e. The molecule has 0 amide bonds. The molecule has 1 atom stereocenters. The van der Waals surface area contributed by atoms with Crippen molar-refractivity contribution < 1.29 is 0 Å². The van der Waals surface area contributed by atoms with E-state index in [0.29, 0.717) is 6.04 Å². The molecule has 0 saturated heterocycles. The zero-order valence-corrected chi connectivity index (χ0v) is 11.2. The minimum Gasteiger partial charge on any atom is -0.310 e. The smallest absolute Gasteiger partial charge is 0.0331 e. The van der Waals surface area contributed by atoms with Gasteiger partial charge in [-0.15, -0.1) is 11.3 Å². The Balaban J connectivity index is 2.61. The maximum absolute atomic E-state index is 3.59. The predicted octanol–water partition coefficient (Wildman–Crippen LogP) is 4.14. The molecule has 0 aliphatic carbocycles. The van der Waals surface area contributed by atoms with Crippen LogP contribution in [0.5, 0.6) is 0 Å². The van der Waals surface area contributed by atoms with Gasteiger partial charge in [-0.25, -0.2) is 0 Å². The average molecular weight is 225 g/mol. The molecule has 0 bridgehead atoms. The Kier molecular flexibility index (Phi) is 5.34. The fourth-order valence-corrected chi connectivity index (χ4v) is 2.64. The predicted molar refractivity (Wildman–Crippen MR) is 69.5 cm³/mol. The van der Waals surface area contributed by atoms with Crippen molar-refractivity contribution in [1.29, 1.82) is 0 Å². The normalized spacial score (nSPS) is 13.4. The molecule has 2 heteroatoms. The van der Waals surface area contributed by atoms with E-state index < -0.39 is 0 Å². The van der Waals surface area contributed by atoms with Crippen LogP contribution in [0.1, 0.15) is 50.1 Å². The molecular weight excluding hydrogens is 202 g/mol. The van der Waals surface area contributed by atoms with Crippen LogP contribution in [0.15, 0.2) is 11.4 Å². The largest absolute Gasteiger partial charge is 0.310 e. The van der Waals surface area contributed by atoms with Crippen LogP contribution in [0.4, 0.5) is 0 Å². The summed E-state index contributed by atoms with van der Waals surface area (Å²) in [5, 5.41) is 5.79.